The van der Waals surface area contributed by atoms with Gasteiger partial charge in [0.1, 0.15) is 5.82 Å². The van der Waals surface area contributed by atoms with Crippen LogP contribution in [0.15, 0.2) is 47.6 Å². The molecule has 72 valence electrons. The van der Waals surface area contributed by atoms with Gasteiger partial charge in [-0.1, -0.05) is 18.2 Å². The summed E-state index contributed by atoms with van der Waals surface area (Å²) >= 11 is 1.81. The molecule has 0 unspecified atom stereocenters. The first kappa shape index (κ1) is 9.34. The lowest BCUT2D eigenvalue weighted by molar-refractivity contribution is 0.849. The van der Waals surface area contributed by atoms with Crippen LogP contribution in [0.4, 0.5) is 0 Å². The van der Waals surface area contributed by atoms with Crippen molar-refractivity contribution in [2.45, 2.75) is 10.6 Å². The zero-order valence-corrected chi connectivity index (χ0v) is 8.87. The van der Waals surface area contributed by atoms with Gasteiger partial charge in [-0.3, -0.25) is 0 Å². The van der Waals surface area contributed by atoms with Gasteiger partial charge in [0.25, 0.3) is 0 Å². The minimum Gasteiger partial charge on any atom is -0.337 e. The van der Waals surface area contributed by atoms with Crippen LogP contribution in [-0.4, -0.2) is 9.55 Å². The molecule has 0 N–H and O–H groups in total. The second-order valence-corrected chi connectivity index (χ2v) is 4.10. The van der Waals surface area contributed by atoms with E-state index >= 15 is 0 Å². The quantitative estimate of drug-likeness (QED) is 0.715. The summed E-state index contributed by atoms with van der Waals surface area (Å²) in [5.74, 6) is 2.03. The van der Waals surface area contributed by atoms with Crippen LogP contribution in [0.25, 0.3) is 0 Å². The maximum absolute atomic E-state index is 4.27. The zero-order chi connectivity index (χ0) is 9.80. The van der Waals surface area contributed by atoms with E-state index in [2.05, 4.69) is 33.8 Å². The average molecular weight is 204 g/mol. The highest BCUT2D eigenvalue weighted by molar-refractivity contribution is 7.98. The Morgan fingerprint density at radius 3 is 2.71 bits per heavy atom. The third-order valence-electron chi connectivity index (χ3n) is 2.03. The second kappa shape index (κ2) is 4.33. The molecule has 0 bridgehead atoms. The molecule has 0 radical (unpaired) electrons. The third-order valence-corrected chi connectivity index (χ3v) is 3.04. The van der Waals surface area contributed by atoms with Gasteiger partial charge < -0.3 is 4.57 Å². The number of hydrogen-bond donors (Lipinski definition) is 0. The maximum atomic E-state index is 4.27. The molecule has 0 saturated carbocycles. The average Bonchev–Trinajstić information content (AvgIpc) is 2.63. The SMILES string of the molecule is Cn1ccnc1CSc1ccccc1. The van der Waals surface area contributed by atoms with Gasteiger partial charge in [0.15, 0.2) is 0 Å². The Kier molecular flexibility index (Phi) is 2.89. The predicted octanol–water partition coefficient (Wildman–Crippen LogP) is 2.71. The van der Waals surface area contributed by atoms with Crippen LogP contribution in [0.5, 0.6) is 0 Å². The van der Waals surface area contributed by atoms with E-state index in [0.29, 0.717) is 0 Å². The standard InChI is InChI=1S/C11H12N2S/c1-13-8-7-12-11(13)9-14-10-5-3-2-4-6-10/h2-8H,9H2,1H3. The van der Waals surface area contributed by atoms with Crippen molar-refractivity contribution in [2.24, 2.45) is 7.05 Å². The molecule has 1 aromatic heterocycles. The maximum Gasteiger partial charge on any atom is 0.118 e. The lowest BCUT2D eigenvalue weighted by Gasteiger charge is -2.01. The zero-order valence-electron chi connectivity index (χ0n) is 8.05. The molecule has 2 rings (SSSR count). The normalized spacial score (nSPS) is 10.4. The van der Waals surface area contributed by atoms with Gasteiger partial charge in [0.2, 0.25) is 0 Å². The number of thioether (sulfide) groups is 1. The Morgan fingerprint density at radius 1 is 1.29 bits per heavy atom. The Labute approximate surface area is 88.0 Å². The highest BCUT2D eigenvalue weighted by Gasteiger charge is 1.99. The number of hydrogen-bond acceptors (Lipinski definition) is 2. The van der Waals surface area contributed by atoms with Crippen LogP contribution in [0.2, 0.25) is 0 Å². The van der Waals surface area contributed by atoms with Crippen LogP contribution in [0.3, 0.4) is 0 Å². The first-order chi connectivity index (χ1) is 6.86. The summed E-state index contributed by atoms with van der Waals surface area (Å²) in [6, 6.07) is 10.4. The molecule has 0 aliphatic carbocycles. The molecule has 0 aliphatic heterocycles. The molecular weight excluding hydrogens is 192 g/mol. The largest absolute Gasteiger partial charge is 0.337 e. The number of benzene rings is 1. The van der Waals surface area contributed by atoms with Crippen LogP contribution in [-0.2, 0) is 12.8 Å². The van der Waals surface area contributed by atoms with Gasteiger partial charge in [0.05, 0.1) is 5.75 Å². The number of aryl methyl sites for hydroxylation is 1. The molecule has 2 nitrogen and oxygen atoms in total. The third kappa shape index (κ3) is 2.17. The van der Waals surface area contributed by atoms with E-state index in [9.17, 15) is 0 Å². The van der Waals surface area contributed by atoms with Gasteiger partial charge in [-0.05, 0) is 12.1 Å². The molecule has 0 saturated heterocycles. The smallest absolute Gasteiger partial charge is 0.118 e. The molecular formula is C11H12N2S. The summed E-state index contributed by atoms with van der Waals surface area (Å²) in [6.45, 7) is 0. The van der Waals surface area contributed by atoms with Crippen LogP contribution >= 0.6 is 11.8 Å². The molecule has 0 spiro atoms. The summed E-state index contributed by atoms with van der Waals surface area (Å²) in [7, 11) is 2.02. The summed E-state index contributed by atoms with van der Waals surface area (Å²) < 4.78 is 2.05. The van der Waals surface area contributed by atoms with Crippen molar-refractivity contribution in [1.29, 1.82) is 0 Å². The van der Waals surface area contributed by atoms with Crippen LogP contribution in [0.1, 0.15) is 5.82 Å². The van der Waals surface area contributed by atoms with Crippen molar-refractivity contribution >= 4 is 11.8 Å². The molecule has 1 heterocycles. The van der Waals surface area contributed by atoms with Gasteiger partial charge in [-0.15, -0.1) is 11.8 Å². The van der Waals surface area contributed by atoms with Crippen molar-refractivity contribution in [3.63, 3.8) is 0 Å². The minimum atomic E-state index is 0.924. The summed E-state index contributed by atoms with van der Waals surface area (Å²) in [5.41, 5.74) is 0. The highest BCUT2D eigenvalue weighted by atomic mass is 32.2. The fraction of sp³-hybridized carbons (Fsp3) is 0.182. The van der Waals surface area contributed by atoms with Gasteiger partial charge in [-0.2, -0.15) is 0 Å². The van der Waals surface area contributed by atoms with Crippen molar-refractivity contribution in [2.75, 3.05) is 0 Å². The molecule has 14 heavy (non-hydrogen) atoms. The molecule has 0 amide bonds. The number of aromatic nitrogens is 2. The fourth-order valence-electron chi connectivity index (χ4n) is 1.20. The van der Waals surface area contributed by atoms with Crippen molar-refractivity contribution in [3.8, 4) is 0 Å². The van der Waals surface area contributed by atoms with Crippen molar-refractivity contribution < 1.29 is 0 Å². The number of rotatable bonds is 3. The Hall–Kier alpha value is -1.22. The number of nitrogens with zero attached hydrogens (tertiary/aromatic N) is 2. The van der Waals surface area contributed by atoms with E-state index in [-0.39, 0.29) is 0 Å². The van der Waals surface area contributed by atoms with Gasteiger partial charge >= 0.3 is 0 Å². The molecule has 0 aliphatic rings. The molecule has 2 aromatic rings. The van der Waals surface area contributed by atoms with Crippen LogP contribution in [0, 0.1) is 0 Å². The summed E-state index contributed by atoms with van der Waals surface area (Å²) in [4.78, 5) is 5.56. The van der Waals surface area contributed by atoms with Gasteiger partial charge in [-0.25, -0.2) is 4.98 Å². The van der Waals surface area contributed by atoms with Gasteiger partial charge in [0, 0.05) is 24.3 Å². The molecule has 0 atom stereocenters. The lowest BCUT2D eigenvalue weighted by atomic mass is 10.4. The minimum absolute atomic E-state index is 0.924. The van der Waals surface area contributed by atoms with Crippen molar-refractivity contribution in [3.05, 3.63) is 48.5 Å². The summed E-state index contributed by atoms with van der Waals surface area (Å²) in [6.07, 6.45) is 3.81. The number of imidazole rings is 1. The first-order valence-electron chi connectivity index (χ1n) is 4.50. The second-order valence-electron chi connectivity index (χ2n) is 3.06. The highest BCUT2D eigenvalue weighted by Crippen LogP contribution is 2.20. The van der Waals surface area contributed by atoms with E-state index in [0.717, 1.165) is 11.6 Å². The van der Waals surface area contributed by atoms with Crippen LogP contribution < -0.4 is 0 Å². The van der Waals surface area contributed by atoms with E-state index in [1.165, 1.54) is 4.90 Å². The van der Waals surface area contributed by atoms with E-state index in [4.69, 9.17) is 0 Å². The Bertz CT molecular complexity index is 395. The lowest BCUT2D eigenvalue weighted by Crippen LogP contribution is -1.93. The molecule has 1 aromatic carbocycles. The van der Waals surface area contributed by atoms with E-state index in [1.807, 2.05) is 37.3 Å². The topological polar surface area (TPSA) is 17.8 Å². The fourth-order valence-corrected chi connectivity index (χ4v) is 2.12. The first-order valence-corrected chi connectivity index (χ1v) is 5.49. The monoisotopic (exact) mass is 204 g/mol. The van der Waals surface area contributed by atoms with E-state index < -0.39 is 0 Å². The summed E-state index contributed by atoms with van der Waals surface area (Å²) in [5, 5.41) is 0. The predicted molar refractivity (Wildman–Crippen MR) is 59.2 cm³/mol. The van der Waals surface area contributed by atoms with Crippen molar-refractivity contribution in [1.82, 2.24) is 9.55 Å². The molecule has 0 fully saturated rings. The Morgan fingerprint density at radius 2 is 2.07 bits per heavy atom. The molecule has 3 heteroatoms. The Balaban J connectivity index is 1.99. The van der Waals surface area contributed by atoms with E-state index in [1.54, 1.807) is 0 Å².